The van der Waals surface area contributed by atoms with Gasteiger partial charge in [-0.25, -0.2) is 4.79 Å². The third-order valence-electron chi connectivity index (χ3n) is 5.37. The maximum absolute atomic E-state index is 11.9. The Bertz CT molecular complexity index is 557. The van der Waals surface area contributed by atoms with Gasteiger partial charge in [-0.15, -0.1) is 0 Å². The Kier molecular flexibility index (Phi) is 27.1. The number of alkyl carbamates (subject to hydrolysis) is 1. The van der Waals surface area contributed by atoms with Crippen LogP contribution in [-0.2, 0) is 42.6 Å². The summed E-state index contributed by atoms with van der Waals surface area (Å²) in [6.45, 7) is 9.02. The van der Waals surface area contributed by atoms with Crippen molar-refractivity contribution in [3.05, 3.63) is 12.2 Å². The number of nitrogens with one attached hydrogen (secondary N) is 1. The molecule has 0 fully saturated rings. The maximum Gasteiger partial charge on any atom is 0.407 e. The van der Waals surface area contributed by atoms with E-state index in [0.29, 0.717) is 119 Å². The molecule has 0 bridgehead atoms. The minimum atomic E-state index is -0.373. The van der Waals surface area contributed by atoms with Gasteiger partial charge in [0.2, 0.25) is 0 Å². The van der Waals surface area contributed by atoms with E-state index in [9.17, 15) is 4.79 Å². The Morgan fingerprint density at radius 2 is 1.00 bits per heavy atom. The number of nitrogens with two attached hydrogens (primary N) is 1. The Morgan fingerprint density at radius 3 is 1.46 bits per heavy atom. The van der Waals surface area contributed by atoms with Crippen molar-refractivity contribution < 1.29 is 47.4 Å². The Labute approximate surface area is 234 Å². The number of hydrogen-bond donors (Lipinski definition) is 2. The van der Waals surface area contributed by atoms with Crippen molar-refractivity contribution in [2.75, 3.05) is 119 Å². The van der Waals surface area contributed by atoms with E-state index < -0.39 is 0 Å². The first-order valence-corrected chi connectivity index (χ1v) is 14.2. The summed E-state index contributed by atoms with van der Waals surface area (Å²) < 4.78 is 48.7. The van der Waals surface area contributed by atoms with E-state index in [0.717, 1.165) is 32.1 Å². The van der Waals surface area contributed by atoms with Crippen molar-refractivity contribution in [3.8, 4) is 0 Å². The van der Waals surface area contributed by atoms with Crippen LogP contribution in [0.15, 0.2) is 12.2 Å². The summed E-state index contributed by atoms with van der Waals surface area (Å²) in [5, 5.41) is 2.73. The first kappa shape index (κ1) is 35.7. The fraction of sp³-hybridized carbons (Fsp3) is 0.889. The van der Waals surface area contributed by atoms with Gasteiger partial charge in [0.15, 0.2) is 0 Å². The third-order valence-corrected chi connectivity index (χ3v) is 5.37. The van der Waals surface area contributed by atoms with E-state index in [4.69, 9.17) is 48.4 Å². The van der Waals surface area contributed by atoms with Crippen LogP contribution in [0.3, 0.4) is 0 Å². The lowest BCUT2D eigenvalue weighted by Gasteiger charge is -2.18. The fourth-order valence-corrected chi connectivity index (χ4v) is 3.39. The topological polar surface area (TPSA) is 138 Å². The van der Waals surface area contributed by atoms with Crippen LogP contribution >= 0.6 is 0 Å². The molecule has 0 aliphatic heterocycles. The summed E-state index contributed by atoms with van der Waals surface area (Å²) in [5.74, 6) is 0. The number of ether oxygens (including phenoxy) is 9. The van der Waals surface area contributed by atoms with E-state index in [2.05, 4.69) is 17.5 Å². The predicted octanol–water partition coefficient (Wildman–Crippen LogP) is 1.69. The molecule has 39 heavy (non-hydrogen) atoms. The van der Waals surface area contributed by atoms with Gasteiger partial charge in [0.05, 0.1) is 106 Å². The van der Waals surface area contributed by atoms with Gasteiger partial charge in [0.1, 0.15) is 6.10 Å². The summed E-state index contributed by atoms with van der Waals surface area (Å²) in [6, 6.07) is 0. The minimum absolute atomic E-state index is 0.00166. The van der Waals surface area contributed by atoms with Gasteiger partial charge in [0.25, 0.3) is 0 Å². The average Bonchev–Trinajstić information content (AvgIpc) is 2.92. The van der Waals surface area contributed by atoms with Gasteiger partial charge >= 0.3 is 6.09 Å². The van der Waals surface area contributed by atoms with Crippen LogP contribution in [0.5, 0.6) is 0 Å². The molecule has 0 aromatic rings. The second-order valence-corrected chi connectivity index (χ2v) is 8.62. The average molecular weight is 565 g/mol. The largest absolute Gasteiger partial charge is 0.446 e. The molecule has 0 saturated carbocycles. The lowest BCUT2D eigenvalue weighted by Crippen LogP contribution is -2.31. The number of carbonyl (C=O) groups excluding carboxylic acids is 1. The first-order valence-electron chi connectivity index (χ1n) is 14.2. The highest BCUT2D eigenvalue weighted by Gasteiger charge is 2.14. The van der Waals surface area contributed by atoms with Gasteiger partial charge in [-0.05, 0) is 32.1 Å². The Morgan fingerprint density at radius 1 is 0.590 bits per heavy atom. The Balaban J connectivity index is 1.69. The summed E-state index contributed by atoms with van der Waals surface area (Å²) in [5.41, 5.74) is 5.32. The molecule has 1 rings (SSSR count). The van der Waals surface area contributed by atoms with Crippen LogP contribution in [0, 0.1) is 0 Å². The lowest BCUT2D eigenvalue weighted by molar-refractivity contribution is -0.0228. The summed E-state index contributed by atoms with van der Waals surface area (Å²) in [6.07, 6.45) is 8.84. The molecule has 0 aromatic heterocycles. The second kappa shape index (κ2) is 29.6. The van der Waals surface area contributed by atoms with E-state index in [1.54, 1.807) is 0 Å². The molecule has 12 nitrogen and oxygen atoms in total. The number of allylic oxidation sites excluding steroid dienone is 2. The maximum atomic E-state index is 11.9. The number of rotatable bonds is 27. The van der Waals surface area contributed by atoms with Gasteiger partial charge in [-0.2, -0.15) is 0 Å². The molecule has 0 radical (unpaired) electrons. The summed E-state index contributed by atoms with van der Waals surface area (Å²) in [7, 11) is 0. The van der Waals surface area contributed by atoms with E-state index >= 15 is 0 Å². The van der Waals surface area contributed by atoms with Crippen LogP contribution in [0.25, 0.3) is 0 Å². The van der Waals surface area contributed by atoms with Crippen molar-refractivity contribution in [2.24, 2.45) is 5.73 Å². The van der Waals surface area contributed by atoms with Crippen LogP contribution in [-0.4, -0.2) is 131 Å². The van der Waals surface area contributed by atoms with Crippen LogP contribution < -0.4 is 11.1 Å². The summed E-state index contributed by atoms with van der Waals surface area (Å²) in [4.78, 5) is 11.9. The third kappa shape index (κ3) is 26.6. The quantitative estimate of drug-likeness (QED) is 0.111. The van der Waals surface area contributed by atoms with E-state index in [-0.39, 0.29) is 12.2 Å². The molecule has 0 spiro atoms. The van der Waals surface area contributed by atoms with E-state index in [1.165, 1.54) is 0 Å². The van der Waals surface area contributed by atoms with Crippen molar-refractivity contribution in [3.63, 3.8) is 0 Å². The zero-order valence-electron chi connectivity index (χ0n) is 23.7. The molecule has 0 saturated heterocycles. The molecule has 1 unspecified atom stereocenters. The molecule has 3 N–H and O–H groups in total. The zero-order chi connectivity index (χ0) is 27.9. The van der Waals surface area contributed by atoms with E-state index in [1.807, 2.05) is 0 Å². The van der Waals surface area contributed by atoms with Gasteiger partial charge in [-0.1, -0.05) is 12.2 Å². The smallest absolute Gasteiger partial charge is 0.407 e. The van der Waals surface area contributed by atoms with Crippen molar-refractivity contribution >= 4 is 6.09 Å². The minimum Gasteiger partial charge on any atom is -0.446 e. The molecule has 1 atom stereocenters. The first-order chi connectivity index (χ1) is 19.3. The van der Waals surface area contributed by atoms with Crippen molar-refractivity contribution in [2.45, 2.75) is 38.2 Å². The monoisotopic (exact) mass is 564 g/mol. The summed E-state index contributed by atoms with van der Waals surface area (Å²) >= 11 is 0. The molecule has 1 aliphatic carbocycles. The van der Waals surface area contributed by atoms with Gasteiger partial charge < -0.3 is 53.7 Å². The highest BCUT2D eigenvalue weighted by molar-refractivity contribution is 5.67. The number of carbonyl (C=O) groups is 1. The molecule has 1 aliphatic rings. The molecule has 1 amide bonds. The SMILES string of the molecule is NCCOCCOCCOCCOCCOCCOCCOCCOCCNC(=O)OC1CC/C=C\CCC1. The van der Waals surface area contributed by atoms with Crippen LogP contribution in [0.2, 0.25) is 0 Å². The fourth-order valence-electron chi connectivity index (χ4n) is 3.39. The predicted molar refractivity (Wildman–Crippen MR) is 146 cm³/mol. The van der Waals surface area contributed by atoms with Gasteiger partial charge in [0, 0.05) is 13.1 Å². The zero-order valence-corrected chi connectivity index (χ0v) is 23.7. The van der Waals surface area contributed by atoms with Gasteiger partial charge in [-0.3, -0.25) is 0 Å². The molecule has 0 aromatic carbocycles. The highest BCUT2D eigenvalue weighted by atomic mass is 16.6. The number of amides is 1. The Hall–Kier alpha value is -1.35. The van der Waals surface area contributed by atoms with Crippen molar-refractivity contribution in [1.82, 2.24) is 5.32 Å². The highest BCUT2D eigenvalue weighted by Crippen LogP contribution is 2.15. The second-order valence-electron chi connectivity index (χ2n) is 8.62. The molecule has 0 heterocycles. The molecular formula is C27H52N2O10. The van der Waals surface area contributed by atoms with Crippen molar-refractivity contribution in [1.29, 1.82) is 0 Å². The lowest BCUT2D eigenvalue weighted by atomic mass is 10.0. The molecule has 230 valence electrons. The standard InChI is InChI=1S/C27H52N2O10/c28-8-10-31-12-14-33-16-18-35-20-22-37-24-25-38-23-21-36-19-17-34-15-13-32-11-9-29-27(30)39-26-6-4-2-1-3-5-7-26/h1-2,26H,3-25,28H2,(H,29,30)/b2-1-. The van der Waals surface area contributed by atoms with Crippen LogP contribution in [0.4, 0.5) is 4.79 Å². The van der Waals surface area contributed by atoms with Crippen LogP contribution in [0.1, 0.15) is 32.1 Å². The molecular weight excluding hydrogens is 512 g/mol. The normalized spacial score (nSPS) is 16.5. The molecule has 12 heteroatoms. The number of hydrogen-bond acceptors (Lipinski definition) is 11.